The van der Waals surface area contributed by atoms with Gasteiger partial charge in [-0.05, 0) is 25.2 Å². The quantitative estimate of drug-likeness (QED) is 0.750. The minimum Gasteiger partial charge on any atom is -0.388 e. The van der Waals surface area contributed by atoms with Crippen LogP contribution in [-0.2, 0) is 14.2 Å². The maximum absolute atomic E-state index is 5.61. The zero-order valence-electron chi connectivity index (χ0n) is 10.1. The molecule has 0 bridgehead atoms. The first-order chi connectivity index (χ1) is 7.22. The first-order valence-electron chi connectivity index (χ1n) is 5.03. The summed E-state index contributed by atoms with van der Waals surface area (Å²) in [4.78, 5) is 0. The van der Waals surface area contributed by atoms with Crippen LogP contribution in [0.2, 0.25) is 0 Å². The van der Waals surface area contributed by atoms with E-state index in [0.717, 1.165) is 5.70 Å². The molecule has 1 rings (SSSR count). The molecule has 4 nitrogen and oxygen atoms in total. The van der Waals surface area contributed by atoms with Crippen LogP contribution in [0.5, 0.6) is 0 Å². The number of allylic oxidation sites excluding steroid dienone is 1. The van der Waals surface area contributed by atoms with Crippen LogP contribution in [0, 0.1) is 0 Å². The first kappa shape index (κ1) is 15.4. The van der Waals surface area contributed by atoms with Crippen molar-refractivity contribution in [3.05, 3.63) is 23.9 Å². The van der Waals surface area contributed by atoms with E-state index in [9.17, 15) is 0 Å². The Bertz CT molecular complexity index is 268. The van der Waals surface area contributed by atoms with Gasteiger partial charge >= 0.3 is 0 Å². The second-order valence-corrected chi connectivity index (χ2v) is 3.22. The van der Waals surface area contributed by atoms with Crippen LogP contribution in [0.4, 0.5) is 0 Å². The summed E-state index contributed by atoms with van der Waals surface area (Å²) in [6.07, 6.45) is 5.50. The SMILES string of the molecule is CCOC1(OC)C=CC(NC)=CC1OC.Cl. The highest BCUT2D eigenvalue weighted by Crippen LogP contribution is 2.27. The van der Waals surface area contributed by atoms with Crippen LogP contribution < -0.4 is 5.32 Å². The van der Waals surface area contributed by atoms with Crippen LogP contribution in [0.3, 0.4) is 0 Å². The fraction of sp³-hybridized carbons (Fsp3) is 0.636. The summed E-state index contributed by atoms with van der Waals surface area (Å²) in [6.45, 7) is 2.50. The number of ether oxygens (including phenoxy) is 3. The molecule has 0 amide bonds. The van der Waals surface area contributed by atoms with Gasteiger partial charge in [0.2, 0.25) is 5.79 Å². The molecule has 0 aromatic carbocycles. The molecule has 0 aromatic rings. The lowest BCUT2D eigenvalue weighted by Gasteiger charge is -2.36. The zero-order chi connectivity index (χ0) is 11.3. The Balaban J connectivity index is 0.00000225. The Kier molecular flexibility index (Phi) is 6.67. The molecule has 0 fully saturated rings. The number of hydrogen-bond donors (Lipinski definition) is 1. The van der Waals surface area contributed by atoms with Gasteiger partial charge in [-0.15, -0.1) is 12.4 Å². The lowest BCUT2D eigenvalue weighted by atomic mass is 10.0. The third kappa shape index (κ3) is 2.98. The first-order valence-corrected chi connectivity index (χ1v) is 5.03. The van der Waals surface area contributed by atoms with Crippen molar-refractivity contribution in [1.82, 2.24) is 5.32 Å². The van der Waals surface area contributed by atoms with E-state index in [1.54, 1.807) is 14.2 Å². The zero-order valence-corrected chi connectivity index (χ0v) is 11.0. The number of rotatable bonds is 5. The number of methoxy groups -OCH3 is 2. The molecule has 0 saturated carbocycles. The predicted octanol–water partition coefficient (Wildman–Crippen LogP) is 1.48. The van der Waals surface area contributed by atoms with Crippen molar-refractivity contribution in [3.63, 3.8) is 0 Å². The van der Waals surface area contributed by atoms with E-state index in [-0.39, 0.29) is 18.5 Å². The molecule has 0 aromatic heterocycles. The van der Waals surface area contributed by atoms with Crippen molar-refractivity contribution in [2.75, 3.05) is 27.9 Å². The molecule has 1 aliphatic carbocycles. The Labute approximate surface area is 103 Å². The summed E-state index contributed by atoms with van der Waals surface area (Å²) in [5.41, 5.74) is 0.995. The predicted molar refractivity (Wildman–Crippen MR) is 65.7 cm³/mol. The van der Waals surface area contributed by atoms with Crippen molar-refractivity contribution < 1.29 is 14.2 Å². The van der Waals surface area contributed by atoms with Gasteiger partial charge in [-0.1, -0.05) is 0 Å². The highest BCUT2D eigenvalue weighted by molar-refractivity contribution is 5.85. The summed E-state index contributed by atoms with van der Waals surface area (Å²) in [5.74, 6) is -0.802. The van der Waals surface area contributed by atoms with Gasteiger partial charge in [-0.25, -0.2) is 0 Å². The van der Waals surface area contributed by atoms with E-state index in [2.05, 4.69) is 5.32 Å². The molecule has 0 spiro atoms. The highest BCUT2D eigenvalue weighted by atomic mass is 35.5. The third-order valence-corrected chi connectivity index (χ3v) is 2.45. The van der Waals surface area contributed by atoms with Crippen molar-refractivity contribution in [2.24, 2.45) is 0 Å². The third-order valence-electron chi connectivity index (χ3n) is 2.45. The molecule has 1 N–H and O–H groups in total. The molecule has 0 radical (unpaired) electrons. The number of halogens is 1. The molecule has 16 heavy (non-hydrogen) atoms. The minimum atomic E-state index is -0.802. The lowest BCUT2D eigenvalue weighted by Crippen LogP contribution is -2.47. The van der Waals surface area contributed by atoms with Gasteiger partial charge in [0.15, 0.2) is 0 Å². The van der Waals surface area contributed by atoms with Gasteiger partial charge in [-0.3, -0.25) is 0 Å². The molecular formula is C11H20ClNO3. The molecule has 0 saturated heterocycles. The van der Waals surface area contributed by atoms with Crippen molar-refractivity contribution in [3.8, 4) is 0 Å². The molecule has 2 atom stereocenters. The van der Waals surface area contributed by atoms with Gasteiger partial charge in [0, 0.05) is 33.6 Å². The maximum atomic E-state index is 5.61. The van der Waals surface area contributed by atoms with Crippen molar-refractivity contribution in [2.45, 2.75) is 18.8 Å². The van der Waals surface area contributed by atoms with Gasteiger partial charge in [0.1, 0.15) is 6.10 Å². The summed E-state index contributed by atoms with van der Waals surface area (Å²) >= 11 is 0. The van der Waals surface area contributed by atoms with E-state index >= 15 is 0 Å². The molecule has 94 valence electrons. The summed E-state index contributed by atoms with van der Waals surface area (Å²) < 4.78 is 16.4. The average molecular weight is 250 g/mol. The molecule has 2 unspecified atom stereocenters. The molecule has 0 aliphatic heterocycles. The second kappa shape index (κ2) is 6.91. The average Bonchev–Trinajstić information content (AvgIpc) is 2.29. The molecule has 1 aliphatic rings. The standard InChI is InChI=1S/C11H19NO3.ClH/c1-5-15-11(14-4)7-6-9(12-2)8-10(11)13-3;/h6-8,10,12H,5H2,1-4H3;1H. The smallest absolute Gasteiger partial charge is 0.218 e. The second-order valence-electron chi connectivity index (χ2n) is 3.22. The largest absolute Gasteiger partial charge is 0.388 e. The van der Waals surface area contributed by atoms with Crippen molar-refractivity contribution >= 4 is 12.4 Å². The summed E-state index contributed by atoms with van der Waals surface area (Å²) in [5, 5.41) is 3.06. The number of likely N-dealkylation sites (N-methyl/N-ethyl adjacent to an activating group) is 1. The molecule has 5 heteroatoms. The minimum absolute atomic E-state index is 0. The van der Waals surface area contributed by atoms with E-state index in [1.807, 2.05) is 32.2 Å². The fourth-order valence-corrected chi connectivity index (χ4v) is 1.63. The van der Waals surface area contributed by atoms with Gasteiger partial charge in [-0.2, -0.15) is 0 Å². The summed E-state index contributed by atoms with van der Waals surface area (Å²) in [7, 11) is 5.12. The number of hydrogen-bond acceptors (Lipinski definition) is 4. The van der Waals surface area contributed by atoms with E-state index < -0.39 is 5.79 Å². The van der Waals surface area contributed by atoms with Crippen LogP contribution in [0.15, 0.2) is 23.9 Å². The Hall–Kier alpha value is -0.550. The number of nitrogens with one attached hydrogen (secondary N) is 1. The topological polar surface area (TPSA) is 39.7 Å². The van der Waals surface area contributed by atoms with Crippen LogP contribution in [0.1, 0.15) is 6.92 Å². The molecular weight excluding hydrogens is 230 g/mol. The Morgan fingerprint density at radius 3 is 2.56 bits per heavy atom. The van der Waals surface area contributed by atoms with E-state index in [0.29, 0.717) is 6.61 Å². The van der Waals surface area contributed by atoms with Crippen LogP contribution in [-0.4, -0.2) is 39.8 Å². The van der Waals surface area contributed by atoms with Crippen LogP contribution in [0.25, 0.3) is 0 Å². The highest BCUT2D eigenvalue weighted by Gasteiger charge is 2.39. The Morgan fingerprint density at radius 2 is 2.12 bits per heavy atom. The van der Waals surface area contributed by atoms with E-state index in [4.69, 9.17) is 14.2 Å². The summed E-state index contributed by atoms with van der Waals surface area (Å²) in [6, 6.07) is 0. The van der Waals surface area contributed by atoms with E-state index in [1.165, 1.54) is 0 Å². The van der Waals surface area contributed by atoms with Crippen molar-refractivity contribution in [1.29, 1.82) is 0 Å². The molecule has 0 heterocycles. The lowest BCUT2D eigenvalue weighted by molar-refractivity contribution is -0.232. The normalized spacial score (nSPS) is 28.2. The van der Waals surface area contributed by atoms with Gasteiger partial charge in [0.05, 0.1) is 0 Å². The fourth-order valence-electron chi connectivity index (χ4n) is 1.63. The van der Waals surface area contributed by atoms with Gasteiger partial charge < -0.3 is 19.5 Å². The Morgan fingerprint density at radius 1 is 1.44 bits per heavy atom. The maximum Gasteiger partial charge on any atom is 0.218 e. The monoisotopic (exact) mass is 249 g/mol. The van der Waals surface area contributed by atoms with Crippen LogP contribution >= 0.6 is 12.4 Å². The van der Waals surface area contributed by atoms with Gasteiger partial charge in [0.25, 0.3) is 0 Å².